The van der Waals surface area contributed by atoms with E-state index in [4.69, 9.17) is 4.42 Å². The number of halogens is 1. The fraction of sp³-hybridized carbons (Fsp3) is 0.727. The summed E-state index contributed by atoms with van der Waals surface area (Å²) in [6.07, 6.45) is 4.59. The van der Waals surface area contributed by atoms with Gasteiger partial charge in [0.05, 0.1) is 5.69 Å². The smallest absolute Gasteiger partial charge is 0.180 e. The number of fused-ring (bicyclic) bond motifs is 1. The summed E-state index contributed by atoms with van der Waals surface area (Å²) in [5, 5.41) is 3.48. The van der Waals surface area contributed by atoms with Crippen LogP contribution in [0, 0.1) is 11.8 Å². The van der Waals surface area contributed by atoms with E-state index in [9.17, 15) is 0 Å². The van der Waals surface area contributed by atoms with E-state index in [2.05, 4.69) is 15.2 Å². The number of rotatable bonds is 2. The normalized spacial score (nSPS) is 29.8. The maximum Gasteiger partial charge on any atom is 0.180 e. The van der Waals surface area contributed by atoms with Gasteiger partial charge in [-0.3, -0.25) is 4.90 Å². The van der Waals surface area contributed by atoms with Gasteiger partial charge in [-0.1, -0.05) is 0 Å². The van der Waals surface area contributed by atoms with Crippen LogP contribution in [-0.2, 0) is 6.54 Å². The van der Waals surface area contributed by atoms with Gasteiger partial charge in [0.15, 0.2) is 6.39 Å². The maximum atomic E-state index is 4.99. The zero-order valence-electron chi connectivity index (χ0n) is 9.26. The summed E-state index contributed by atoms with van der Waals surface area (Å²) in [5.41, 5.74) is 1.06. The number of nitrogens with zero attached hydrogens (tertiary/aromatic N) is 2. The molecule has 2 aliphatic rings. The molecule has 5 heteroatoms. The molecule has 0 amide bonds. The summed E-state index contributed by atoms with van der Waals surface area (Å²) in [7, 11) is 0. The molecule has 0 radical (unpaired) electrons. The summed E-state index contributed by atoms with van der Waals surface area (Å²) in [4.78, 5) is 6.66. The molecule has 0 saturated carbocycles. The molecule has 2 saturated heterocycles. The number of hydrogen-bond acceptors (Lipinski definition) is 4. The van der Waals surface area contributed by atoms with Gasteiger partial charge in [-0.05, 0) is 37.9 Å². The number of aromatic nitrogens is 1. The quantitative estimate of drug-likeness (QED) is 0.846. The summed E-state index contributed by atoms with van der Waals surface area (Å²) < 4.78 is 4.99. The lowest BCUT2D eigenvalue weighted by atomic mass is 9.89. The fourth-order valence-electron chi connectivity index (χ4n) is 2.80. The van der Waals surface area contributed by atoms with Crippen LogP contribution in [0.1, 0.15) is 12.1 Å². The van der Waals surface area contributed by atoms with E-state index in [-0.39, 0.29) is 12.4 Å². The number of oxazole rings is 1. The predicted molar refractivity (Wildman–Crippen MR) is 63.5 cm³/mol. The molecule has 0 spiro atoms. The van der Waals surface area contributed by atoms with Crippen LogP contribution in [0.3, 0.4) is 0 Å². The van der Waals surface area contributed by atoms with Crippen LogP contribution >= 0.6 is 12.4 Å². The highest BCUT2D eigenvalue weighted by Crippen LogP contribution is 2.26. The minimum absolute atomic E-state index is 0. The van der Waals surface area contributed by atoms with Crippen LogP contribution in [0.25, 0.3) is 0 Å². The largest absolute Gasteiger partial charge is 0.451 e. The SMILES string of the molecule is Cl.c1nc(CN2CCC3CNCC3C2)co1. The summed E-state index contributed by atoms with van der Waals surface area (Å²) in [6, 6.07) is 0. The molecule has 4 nitrogen and oxygen atoms in total. The maximum absolute atomic E-state index is 4.99. The molecule has 3 rings (SSSR count). The van der Waals surface area contributed by atoms with Crippen molar-refractivity contribution in [2.45, 2.75) is 13.0 Å². The lowest BCUT2D eigenvalue weighted by molar-refractivity contribution is 0.141. The van der Waals surface area contributed by atoms with Crippen LogP contribution in [0.5, 0.6) is 0 Å². The third kappa shape index (κ3) is 2.39. The molecule has 2 atom stereocenters. The molecule has 1 aromatic heterocycles. The molecule has 0 aromatic carbocycles. The van der Waals surface area contributed by atoms with Gasteiger partial charge in [-0.2, -0.15) is 0 Å². The number of piperidine rings is 1. The Morgan fingerprint density at radius 2 is 2.31 bits per heavy atom. The van der Waals surface area contributed by atoms with Crippen LogP contribution < -0.4 is 5.32 Å². The second kappa shape index (κ2) is 5.17. The molecule has 3 heterocycles. The van der Waals surface area contributed by atoms with Gasteiger partial charge in [-0.15, -0.1) is 12.4 Å². The summed E-state index contributed by atoms with van der Waals surface area (Å²) >= 11 is 0. The zero-order valence-corrected chi connectivity index (χ0v) is 10.1. The molecule has 2 aliphatic heterocycles. The van der Waals surface area contributed by atoms with Gasteiger partial charge < -0.3 is 9.73 Å². The highest BCUT2D eigenvalue weighted by Gasteiger charge is 2.32. The van der Waals surface area contributed by atoms with E-state index >= 15 is 0 Å². The second-order valence-electron chi connectivity index (χ2n) is 4.68. The summed E-state index contributed by atoms with van der Waals surface area (Å²) in [6.45, 7) is 5.78. The standard InChI is InChI=1S/C11H17N3O.ClH/c1-2-14(6-11-7-15-8-13-11)5-10-4-12-3-9(1)10;/h7-10,12H,1-6H2;1H. The van der Waals surface area contributed by atoms with Crippen LogP contribution in [0.4, 0.5) is 0 Å². The Labute approximate surface area is 102 Å². The minimum Gasteiger partial charge on any atom is -0.451 e. The van der Waals surface area contributed by atoms with Gasteiger partial charge in [-0.25, -0.2) is 4.98 Å². The molecule has 90 valence electrons. The topological polar surface area (TPSA) is 41.3 Å². The van der Waals surface area contributed by atoms with Crippen molar-refractivity contribution in [2.75, 3.05) is 26.2 Å². The van der Waals surface area contributed by atoms with Crippen molar-refractivity contribution in [1.82, 2.24) is 15.2 Å². The average molecular weight is 244 g/mol. The lowest BCUT2D eigenvalue weighted by Crippen LogP contribution is -2.39. The highest BCUT2D eigenvalue weighted by molar-refractivity contribution is 5.85. The van der Waals surface area contributed by atoms with Crippen molar-refractivity contribution >= 4 is 12.4 Å². The Hall–Kier alpha value is -0.580. The molecule has 0 aliphatic carbocycles. The highest BCUT2D eigenvalue weighted by atomic mass is 35.5. The Morgan fingerprint density at radius 3 is 3.12 bits per heavy atom. The van der Waals surface area contributed by atoms with Crippen molar-refractivity contribution in [3.63, 3.8) is 0 Å². The molecule has 1 N–H and O–H groups in total. The predicted octanol–water partition coefficient (Wildman–Crippen LogP) is 1.14. The van der Waals surface area contributed by atoms with Crippen LogP contribution in [-0.4, -0.2) is 36.1 Å². The molecule has 0 bridgehead atoms. The van der Waals surface area contributed by atoms with Gasteiger partial charge in [0, 0.05) is 13.1 Å². The van der Waals surface area contributed by atoms with E-state index in [0.717, 1.165) is 24.1 Å². The van der Waals surface area contributed by atoms with Crippen molar-refractivity contribution in [3.8, 4) is 0 Å². The van der Waals surface area contributed by atoms with E-state index in [1.54, 1.807) is 6.26 Å². The lowest BCUT2D eigenvalue weighted by Gasteiger charge is -2.33. The second-order valence-corrected chi connectivity index (χ2v) is 4.68. The number of nitrogens with one attached hydrogen (secondary N) is 1. The van der Waals surface area contributed by atoms with Gasteiger partial charge in [0.1, 0.15) is 6.26 Å². The van der Waals surface area contributed by atoms with Gasteiger partial charge in [0.2, 0.25) is 0 Å². The monoisotopic (exact) mass is 243 g/mol. The Kier molecular flexibility index (Phi) is 3.84. The van der Waals surface area contributed by atoms with Crippen LogP contribution in [0.15, 0.2) is 17.1 Å². The van der Waals surface area contributed by atoms with E-state index in [1.165, 1.54) is 39.0 Å². The fourth-order valence-corrected chi connectivity index (χ4v) is 2.80. The molecule has 16 heavy (non-hydrogen) atoms. The van der Waals surface area contributed by atoms with Crippen molar-refractivity contribution < 1.29 is 4.42 Å². The summed E-state index contributed by atoms with van der Waals surface area (Å²) in [5.74, 6) is 1.77. The first-order valence-electron chi connectivity index (χ1n) is 5.72. The zero-order chi connectivity index (χ0) is 10.1. The van der Waals surface area contributed by atoms with Crippen LogP contribution in [0.2, 0.25) is 0 Å². The van der Waals surface area contributed by atoms with E-state index in [0.29, 0.717) is 0 Å². The number of likely N-dealkylation sites (tertiary alicyclic amines) is 1. The Balaban J connectivity index is 0.000000963. The van der Waals surface area contributed by atoms with E-state index < -0.39 is 0 Å². The first-order valence-corrected chi connectivity index (χ1v) is 5.72. The van der Waals surface area contributed by atoms with Gasteiger partial charge >= 0.3 is 0 Å². The van der Waals surface area contributed by atoms with Gasteiger partial charge in [0.25, 0.3) is 0 Å². The van der Waals surface area contributed by atoms with Crippen molar-refractivity contribution in [2.24, 2.45) is 11.8 Å². The first-order chi connectivity index (χ1) is 7.42. The Morgan fingerprint density at radius 1 is 1.44 bits per heavy atom. The minimum atomic E-state index is 0. The molecule has 2 unspecified atom stereocenters. The third-order valence-corrected chi connectivity index (χ3v) is 3.66. The third-order valence-electron chi connectivity index (χ3n) is 3.66. The van der Waals surface area contributed by atoms with Crippen molar-refractivity contribution in [3.05, 3.63) is 18.4 Å². The number of hydrogen-bond donors (Lipinski definition) is 1. The average Bonchev–Trinajstić information content (AvgIpc) is 2.87. The first kappa shape index (κ1) is 11.9. The molecule has 2 fully saturated rings. The molecular weight excluding hydrogens is 226 g/mol. The van der Waals surface area contributed by atoms with Crippen molar-refractivity contribution in [1.29, 1.82) is 0 Å². The molecular formula is C11H18ClN3O. The van der Waals surface area contributed by atoms with E-state index in [1.807, 2.05) is 0 Å². The Bertz CT molecular complexity index is 317. The molecule has 1 aromatic rings.